The van der Waals surface area contributed by atoms with Gasteiger partial charge in [-0.05, 0) is 41.9 Å². The second-order valence-corrected chi connectivity index (χ2v) is 6.15. The van der Waals surface area contributed by atoms with Crippen molar-refractivity contribution in [3.8, 4) is 5.75 Å². The van der Waals surface area contributed by atoms with Gasteiger partial charge < -0.3 is 10.1 Å². The summed E-state index contributed by atoms with van der Waals surface area (Å²) >= 11 is 11.2. The van der Waals surface area contributed by atoms with Gasteiger partial charge >= 0.3 is 0 Å². The average molecular weight is 362 g/mol. The standard InChI is InChI=1S/C13H14BrClN2OS/c1-3-18-12-10(14)6-9(15)7-11(12)17-8(2)13-16-4-5-19-13/h4-8,17H,3H2,1-2H3. The number of aromatic nitrogens is 1. The third-order valence-corrected chi connectivity index (χ3v) is 4.26. The Balaban J connectivity index is 2.28. The van der Waals surface area contributed by atoms with Crippen molar-refractivity contribution in [2.24, 2.45) is 0 Å². The van der Waals surface area contributed by atoms with Crippen molar-refractivity contribution in [3.05, 3.63) is 38.2 Å². The Labute approximate surface area is 130 Å². The Bertz CT molecular complexity index is 548. The lowest BCUT2D eigenvalue weighted by Crippen LogP contribution is -2.08. The molecule has 19 heavy (non-hydrogen) atoms. The first-order valence-electron chi connectivity index (χ1n) is 5.89. The highest BCUT2D eigenvalue weighted by Gasteiger charge is 2.14. The highest BCUT2D eigenvalue weighted by atomic mass is 79.9. The molecule has 3 nitrogen and oxygen atoms in total. The minimum atomic E-state index is 0.101. The summed E-state index contributed by atoms with van der Waals surface area (Å²) in [4.78, 5) is 4.30. The Morgan fingerprint density at radius 1 is 1.53 bits per heavy atom. The maximum atomic E-state index is 6.09. The normalized spacial score (nSPS) is 12.2. The third kappa shape index (κ3) is 3.61. The van der Waals surface area contributed by atoms with Crippen LogP contribution in [-0.2, 0) is 0 Å². The molecule has 0 saturated carbocycles. The van der Waals surface area contributed by atoms with Crippen molar-refractivity contribution < 1.29 is 4.74 Å². The lowest BCUT2D eigenvalue weighted by atomic mass is 10.2. The minimum absolute atomic E-state index is 0.101. The summed E-state index contributed by atoms with van der Waals surface area (Å²) in [7, 11) is 0. The van der Waals surface area contributed by atoms with Crippen LogP contribution < -0.4 is 10.1 Å². The first-order chi connectivity index (χ1) is 9.11. The van der Waals surface area contributed by atoms with Gasteiger partial charge in [0.1, 0.15) is 5.01 Å². The molecule has 1 N–H and O–H groups in total. The zero-order valence-electron chi connectivity index (χ0n) is 10.6. The van der Waals surface area contributed by atoms with E-state index in [9.17, 15) is 0 Å². The van der Waals surface area contributed by atoms with Crippen LogP contribution in [0.4, 0.5) is 5.69 Å². The van der Waals surface area contributed by atoms with Crippen molar-refractivity contribution in [2.75, 3.05) is 11.9 Å². The summed E-state index contributed by atoms with van der Waals surface area (Å²) in [6.45, 7) is 4.61. The quantitative estimate of drug-likeness (QED) is 0.801. The molecule has 0 radical (unpaired) electrons. The molecule has 0 aliphatic rings. The molecular weight excluding hydrogens is 348 g/mol. The molecule has 1 atom stereocenters. The molecule has 6 heteroatoms. The number of thiazole rings is 1. The molecule has 0 fully saturated rings. The van der Waals surface area contributed by atoms with E-state index in [-0.39, 0.29) is 6.04 Å². The van der Waals surface area contributed by atoms with E-state index in [1.807, 2.05) is 24.4 Å². The maximum Gasteiger partial charge on any atom is 0.156 e. The van der Waals surface area contributed by atoms with Crippen LogP contribution in [0.25, 0.3) is 0 Å². The number of hydrogen-bond donors (Lipinski definition) is 1. The monoisotopic (exact) mass is 360 g/mol. The van der Waals surface area contributed by atoms with Crippen molar-refractivity contribution in [1.29, 1.82) is 0 Å². The van der Waals surface area contributed by atoms with E-state index in [1.165, 1.54) is 0 Å². The summed E-state index contributed by atoms with van der Waals surface area (Å²) in [6, 6.07) is 3.79. The van der Waals surface area contributed by atoms with Crippen molar-refractivity contribution >= 4 is 44.6 Å². The first kappa shape index (κ1) is 14.6. The van der Waals surface area contributed by atoms with Gasteiger partial charge in [0.15, 0.2) is 5.75 Å². The van der Waals surface area contributed by atoms with Gasteiger partial charge in [0.05, 0.1) is 22.8 Å². The lowest BCUT2D eigenvalue weighted by molar-refractivity contribution is 0.339. The van der Waals surface area contributed by atoms with Crippen molar-refractivity contribution in [3.63, 3.8) is 0 Å². The molecule has 2 aromatic rings. The molecule has 0 saturated heterocycles. The predicted octanol–water partition coefficient (Wildman–Crippen LogP) is 5.13. The van der Waals surface area contributed by atoms with Gasteiger partial charge in [-0.25, -0.2) is 4.98 Å². The van der Waals surface area contributed by atoms with E-state index < -0.39 is 0 Å². The maximum absolute atomic E-state index is 6.09. The number of hydrogen-bond acceptors (Lipinski definition) is 4. The average Bonchev–Trinajstić information content (AvgIpc) is 2.87. The summed E-state index contributed by atoms with van der Waals surface area (Å²) in [5, 5.41) is 7.03. The Morgan fingerprint density at radius 2 is 2.32 bits per heavy atom. The van der Waals surface area contributed by atoms with Crippen LogP contribution in [-0.4, -0.2) is 11.6 Å². The minimum Gasteiger partial charge on any atom is -0.491 e. The molecule has 0 aliphatic carbocycles. The molecule has 102 valence electrons. The molecule has 1 unspecified atom stereocenters. The van der Waals surface area contributed by atoms with Crippen LogP contribution in [0.15, 0.2) is 28.2 Å². The topological polar surface area (TPSA) is 34.1 Å². The van der Waals surface area contributed by atoms with Gasteiger partial charge in [0.2, 0.25) is 0 Å². The highest BCUT2D eigenvalue weighted by Crippen LogP contribution is 2.38. The zero-order valence-corrected chi connectivity index (χ0v) is 13.8. The fourth-order valence-corrected chi connectivity index (χ4v) is 3.27. The molecular formula is C13H14BrClN2OS. The summed E-state index contributed by atoms with van der Waals surface area (Å²) in [5.41, 5.74) is 0.865. The van der Waals surface area contributed by atoms with Gasteiger partial charge in [0.25, 0.3) is 0 Å². The van der Waals surface area contributed by atoms with E-state index in [0.29, 0.717) is 11.6 Å². The van der Waals surface area contributed by atoms with Crippen LogP contribution in [0.1, 0.15) is 24.9 Å². The van der Waals surface area contributed by atoms with Crippen LogP contribution in [0.5, 0.6) is 5.75 Å². The summed E-state index contributed by atoms with van der Waals surface area (Å²) in [5.74, 6) is 0.773. The molecule has 0 spiro atoms. The van der Waals surface area contributed by atoms with Crippen LogP contribution in [0, 0.1) is 0 Å². The van der Waals surface area contributed by atoms with Gasteiger partial charge in [-0.2, -0.15) is 0 Å². The SMILES string of the molecule is CCOc1c(Br)cc(Cl)cc1NC(C)c1nccs1. The molecule has 0 amide bonds. The zero-order chi connectivity index (χ0) is 13.8. The fraction of sp³-hybridized carbons (Fsp3) is 0.308. The van der Waals surface area contributed by atoms with Gasteiger partial charge in [-0.15, -0.1) is 11.3 Å². The number of ether oxygens (including phenoxy) is 1. The number of halogens is 2. The smallest absolute Gasteiger partial charge is 0.156 e. The number of nitrogens with one attached hydrogen (secondary N) is 1. The molecule has 1 aromatic carbocycles. The Morgan fingerprint density at radius 3 is 2.95 bits per heavy atom. The molecule has 1 heterocycles. The highest BCUT2D eigenvalue weighted by molar-refractivity contribution is 9.10. The number of rotatable bonds is 5. The summed E-state index contributed by atoms with van der Waals surface area (Å²) in [6.07, 6.45) is 1.80. The molecule has 1 aromatic heterocycles. The van der Waals surface area contributed by atoms with E-state index in [4.69, 9.17) is 16.3 Å². The number of anilines is 1. The van der Waals surface area contributed by atoms with Crippen LogP contribution in [0.3, 0.4) is 0 Å². The van der Waals surface area contributed by atoms with E-state index >= 15 is 0 Å². The molecule has 0 bridgehead atoms. The number of nitrogens with zero attached hydrogens (tertiary/aromatic N) is 1. The second-order valence-electron chi connectivity index (χ2n) is 3.93. The fourth-order valence-electron chi connectivity index (χ4n) is 1.70. The van der Waals surface area contributed by atoms with Crippen molar-refractivity contribution in [2.45, 2.75) is 19.9 Å². The molecule has 2 rings (SSSR count). The largest absolute Gasteiger partial charge is 0.491 e. The first-order valence-corrected chi connectivity index (χ1v) is 7.94. The Hall–Kier alpha value is -0.780. The lowest BCUT2D eigenvalue weighted by Gasteiger charge is -2.18. The number of benzene rings is 1. The predicted molar refractivity (Wildman–Crippen MR) is 84.5 cm³/mol. The van der Waals surface area contributed by atoms with E-state index in [1.54, 1.807) is 17.5 Å². The molecule has 0 aliphatic heterocycles. The summed E-state index contributed by atoms with van der Waals surface area (Å²) < 4.78 is 6.50. The Kier molecular flexibility index (Phi) is 5.07. The van der Waals surface area contributed by atoms with Gasteiger partial charge in [-0.3, -0.25) is 0 Å². The van der Waals surface area contributed by atoms with Crippen molar-refractivity contribution in [1.82, 2.24) is 4.98 Å². The third-order valence-electron chi connectivity index (χ3n) is 2.49. The van der Waals surface area contributed by atoms with Crippen LogP contribution in [0.2, 0.25) is 5.02 Å². The van der Waals surface area contributed by atoms with Gasteiger partial charge in [0, 0.05) is 16.6 Å². The van der Waals surface area contributed by atoms with E-state index in [2.05, 4.69) is 33.2 Å². The van der Waals surface area contributed by atoms with Gasteiger partial charge in [-0.1, -0.05) is 11.6 Å². The second kappa shape index (κ2) is 6.59. The van der Waals surface area contributed by atoms with E-state index in [0.717, 1.165) is 20.9 Å². The van der Waals surface area contributed by atoms with Crippen LogP contribution >= 0.6 is 38.9 Å².